The number of para-hydroxylation sites is 3. The van der Waals surface area contributed by atoms with Crippen LogP contribution in [0.15, 0.2) is 107 Å². The molecule has 8 heteroatoms. The number of nitrogens with zero attached hydrogens (tertiary/aromatic N) is 1. The summed E-state index contributed by atoms with van der Waals surface area (Å²) in [5, 5.41) is 2.37. The van der Waals surface area contributed by atoms with Crippen molar-refractivity contribution in [2.75, 3.05) is 18.4 Å². The highest BCUT2D eigenvalue weighted by Gasteiger charge is 2.33. The van der Waals surface area contributed by atoms with Gasteiger partial charge in [0.1, 0.15) is 11.5 Å². The van der Waals surface area contributed by atoms with E-state index in [0.717, 1.165) is 5.56 Å². The molecule has 7 nitrogen and oxygen atoms in total. The molecule has 184 valence electrons. The lowest BCUT2D eigenvalue weighted by molar-refractivity contribution is 0.200. The number of furan rings is 1. The fourth-order valence-electron chi connectivity index (χ4n) is 4.28. The van der Waals surface area contributed by atoms with Gasteiger partial charge in [-0.25, -0.2) is 13.2 Å². The SMILES string of the molecule is O=C(Nc1ccccc1Oc1ccccc1)N1CCC(S(=O)(=O)c2ccc(-c3ccco3)cc2)CC1. The normalized spacial score (nSPS) is 14.4. The third-order valence-electron chi connectivity index (χ3n) is 6.26. The third-order valence-corrected chi connectivity index (χ3v) is 8.53. The first-order valence-electron chi connectivity index (χ1n) is 11.8. The van der Waals surface area contributed by atoms with Gasteiger partial charge in [0.2, 0.25) is 0 Å². The van der Waals surface area contributed by atoms with Crippen LogP contribution in [0.1, 0.15) is 12.8 Å². The molecule has 1 fully saturated rings. The molecule has 3 aromatic carbocycles. The van der Waals surface area contributed by atoms with E-state index in [9.17, 15) is 13.2 Å². The molecule has 0 atom stereocenters. The molecule has 1 saturated heterocycles. The van der Waals surface area contributed by atoms with Crippen LogP contribution in [0.4, 0.5) is 10.5 Å². The molecule has 2 heterocycles. The summed E-state index contributed by atoms with van der Waals surface area (Å²) in [5.41, 5.74) is 1.37. The van der Waals surface area contributed by atoms with E-state index in [1.54, 1.807) is 53.6 Å². The number of anilines is 1. The minimum atomic E-state index is -3.51. The van der Waals surface area contributed by atoms with Crippen LogP contribution in [0.3, 0.4) is 0 Å². The molecule has 2 amide bonds. The van der Waals surface area contributed by atoms with E-state index >= 15 is 0 Å². The summed E-state index contributed by atoms with van der Waals surface area (Å²) in [7, 11) is -3.51. The number of piperidine rings is 1. The second kappa shape index (κ2) is 10.3. The molecule has 0 unspecified atom stereocenters. The molecule has 1 aromatic heterocycles. The number of hydrogen-bond donors (Lipinski definition) is 1. The summed E-state index contributed by atoms with van der Waals surface area (Å²) in [6.07, 6.45) is 2.33. The number of benzene rings is 3. The summed E-state index contributed by atoms with van der Waals surface area (Å²) in [4.78, 5) is 14.9. The van der Waals surface area contributed by atoms with Crippen molar-refractivity contribution in [3.8, 4) is 22.8 Å². The average molecular weight is 503 g/mol. The Kier molecular flexibility index (Phi) is 6.77. The molecule has 1 N–H and O–H groups in total. The molecule has 0 radical (unpaired) electrons. The van der Waals surface area contributed by atoms with E-state index in [-0.39, 0.29) is 10.9 Å². The van der Waals surface area contributed by atoms with Gasteiger partial charge in [0.25, 0.3) is 0 Å². The Balaban J connectivity index is 1.21. The minimum Gasteiger partial charge on any atom is -0.464 e. The van der Waals surface area contributed by atoms with E-state index in [4.69, 9.17) is 9.15 Å². The average Bonchev–Trinajstić information content (AvgIpc) is 3.46. The number of carbonyl (C=O) groups excluding carboxylic acids is 1. The molecule has 36 heavy (non-hydrogen) atoms. The van der Waals surface area contributed by atoms with Crippen molar-refractivity contribution in [2.24, 2.45) is 0 Å². The van der Waals surface area contributed by atoms with Gasteiger partial charge in [-0.3, -0.25) is 0 Å². The lowest BCUT2D eigenvalue weighted by Crippen LogP contribution is -2.44. The Hall–Kier alpha value is -4.04. The zero-order valence-corrected chi connectivity index (χ0v) is 20.4. The van der Waals surface area contributed by atoms with Gasteiger partial charge in [0.05, 0.1) is 22.1 Å². The number of carbonyl (C=O) groups is 1. The van der Waals surface area contributed by atoms with E-state index in [1.165, 1.54) is 0 Å². The molecular weight excluding hydrogens is 476 g/mol. The molecular formula is C28H26N2O5S. The molecule has 1 aliphatic heterocycles. The fraction of sp³-hybridized carbons (Fsp3) is 0.179. The smallest absolute Gasteiger partial charge is 0.321 e. The van der Waals surface area contributed by atoms with Crippen LogP contribution in [0.2, 0.25) is 0 Å². The van der Waals surface area contributed by atoms with Crippen molar-refractivity contribution >= 4 is 21.6 Å². The van der Waals surface area contributed by atoms with Crippen molar-refractivity contribution < 1.29 is 22.4 Å². The van der Waals surface area contributed by atoms with Crippen LogP contribution in [0, 0.1) is 0 Å². The summed E-state index contributed by atoms with van der Waals surface area (Å²) < 4.78 is 37.7. The fourth-order valence-corrected chi connectivity index (χ4v) is 6.01. The topological polar surface area (TPSA) is 88.9 Å². The van der Waals surface area contributed by atoms with Gasteiger partial charge in [-0.15, -0.1) is 0 Å². The first-order valence-corrected chi connectivity index (χ1v) is 13.3. The van der Waals surface area contributed by atoms with Crippen molar-refractivity contribution in [3.05, 3.63) is 97.3 Å². The van der Waals surface area contributed by atoms with Gasteiger partial charge in [-0.1, -0.05) is 30.3 Å². The lowest BCUT2D eigenvalue weighted by Gasteiger charge is -2.32. The van der Waals surface area contributed by atoms with Crippen LogP contribution < -0.4 is 10.1 Å². The van der Waals surface area contributed by atoms with Gasteiger partial charge in [0, 0.05) is 18.7 Å². The maximum atomic E-state index is 13.2. The zero-order chi connectivity index (χ0) is 25.0. The molecule has 1 aliphatic rings. The highest BCUT2D eigenvalue weighted by Crippen LogP contribution is 2.31. The Morgan fingerprint density at radius 2 is 1.56 bits per heavy atom. The maximum absolute atomic E-state index is 13.2. The van der Waals surface area contributed by atoms with Gasteiger partial charge in [0.15, 0.2) is 15.6 Å². The molecule has 0 bridgehead atoms. The number of sulfone groups is 1. The largest absolute Gasteiger partial charge is 0.464 e. The highest BCUT2D eigenvalue weighted by molar-refractivity contribution is 7.92. The van der Waals surface area contributed by atoms with E-state index in [1.807, 2.05) is 48.5 Å². The van der Waals surface area contributed by atoms with Crippen molar-refractivity contribution in [1.82, 2.24) is 4.90 Å². The predicted octanol–water partition coefficient (Wildman–Crippen LogP) is 6.21. The Bertz CT molecular complexity index is 1410. The van der Waals surface area contributed by atoms with Gasteiger partial charge < -0.3 is 19.4 Å². The number of amides is 2. The van der Waals surface area contributed by atoms with E-state index in [2.05, 4.69) is 5.32 Å². The molecule has 0 aliphatic carbocycles. The number of likely N-dealkylation sites (tertiary alicyclic amines) is 1. The van der Waals surface area contributed by atoms with Gasteiger partial charge >= 0.3 is 6.03 Å². The summed E-state index contributed by atoms with van der Waals surface area (Å²) in [6, 6.07) is 26.7. The first-order chi connectivity index (χ1) is 17.5. The molecule has 4 aromatic rings. The summed E-state index contributed by atoms with van der Waals surface area (Å²) >= 11 is 0. The second-order valence-electron chi connectivity index (χ2n) is 8.57. The Morgan fingerprint density at radius 3 is 2.25 bits per heavy atom. The van der Waals surface area contributed by atoms with Crippen LogP contribution in [-0.2, 0) is 9.84 Å². The number of ether oxygens (including phenoxy) is 1. The minimum absolute atomic E-state index is 0.280. The summed E-state index contributed by atoms with van der Waals surface area (Å²) in [5.74, 6) is 1.89. The highest BCUT2D eigenvalue weighted by atomic mass is 32.2. The van der Waals surface area contributed by atoms with Gasteiger partial charge in [-0.2, -0.15) is 0 Å². The third kappa shape index (κ3) is 5.13. The van der Waals surface area contributed by atoms with Crippen LogP contribution in [0.5, 0.6) is 11.5 Å². The number of hydrogen-bond acceptors (Lipinski definition) is 5. The number of rotatable bonds is 6. The Labute approximate surface area is 210 Å². The van der Waals surface area contributed by atoms with Crippen LogP contribution in [-0.4, -0.2) is 37.7 Å². The van der Waals surface area contributed by atoms with Crippen LogP contribution in [0.25, 0.3) is 11.3 Å². The Morgan fingerprint density at radius 1 is 0.861 bits per heavy atom. The predicted molar refractivity (Wildman–Crippen MR) is 138 cm³/mol. The number of urea groups is 1. The summed E-state index contributed by atoms with van der Waals surface area (Å²) in [6.45, 7) is 0.698. The second-order valence-corrected chi connectivity index (χ2v) is 10.8. The van der Waals surface area contributed by atoms with E-state index < -0.39 is 15.1 Å². The van der Waals surface area contributed by atoms with Crippen molar-refractivity contribution in [1.29, 1.82) is 0 Å². The number of nitrogens with one attached hydrogen (secondary N) is 1. The van der Waals surface area contributed by atoms with Crippen LogP contribution >= 0.6 is 0 Å². The lowest BCUT2D eigenvalue weighted by atomic mass is 10.1. The molecule has 5 rings (SSSR count). The van der Waals surface area contributed by atoms with Crippen molar-refractivity contribution in [3.63, 3.8) is 0 Å². The van der Waals surface area contributed by atoms with Crippen molar-refractivity contribution in [2.45, 2.75) is 23.0 Å². The standard InChI is InChI=1S/C28H26N2O5S/c31-28(29-25-9-4-5-10-27(25)35-22-7-2-1-3-8-22)30-18-16-24(17-19-30)36(32,33)23-14-12-21(13-15-23)26-11-6-20-34-26/h1-15,20,24H,16-19H2,(H,29,31). The molecule has 0 spiro atoms. The van der Waals surface area contributed by atoms with Gasteiger partial charge in [-0.05, 0) is 73.5 Å². The molecule has 0 saturated carbocycles. The first kappa shape index (κ1) is 23.7. The maximum Gasteiger partial charge on any atom is 0.321 e. The quantitative estimate of drug-likeness (QED) is 0.339. The monoisotopic (exact) mass is 502 g/mol. The van der Waals surface area contributed by atoms with E-state index in [0.29, 0.717) is 48.9 Å². The zero-order valence-electron chi connectivity index (χ0n) is 19.5.